The van der Waals surface area contributed by atoms with Crippen LogP contribution < -0.4 is 4.74 Å². The van der Waals surface area contributed by atoms with Crippen LogP contribution in [0.5, 0.6) is 5.75 Å². The molecule has 1 radical (unpaired) electrons. The average molecular weight is 309 g/mol. The number of rotatable bonds is 12. The first-order chi connectivity index (χ1) is 10.8. The Morgan fingerprint density at radius 1 is 1.05 bits per heavy atom. The van der Waals surface area contributed by atoms with E-state index in [1.54, 1.807) is 24.3 Å². The van der Waals surface area contributed by atoms with Crippen molar-refractivity contribution in [1.82, 2.24) is 0 Å². The summed E-state index contributed by atoms with van der Waals surface area (Å²) in [6, 6.07) is 6.77. The Hall–Kier alpha value is -1.59. The first-order valence-corrected chi connectivity index (χ1v) is 7.77. The second-order valence-corrected chi connectivity index (χ2v) is 4.79. The number of hydrogen-bond acceptors (Lipinski definition) is 5. The van der Waals surface area contributed by atoms with Gasteiger partial charge >= 0.3 is 5.97 Å². The smallest absolute Gasteiger partial charge is 0.373 e. The fourth-order valence-corrected chi connectivity index (χ4v) is 1.55. The molecule has 0 fully saturated rings. The van der Waals surface area contributed by atoms with E-state index in [1.807, 2.05) is 0 Å². The van der Waals surface area contributed by atoms with Gasteiger partial charge in [-0.3, -0.25) is 4.89 Å². The number of ether oxygens (including phenoxy) is 2. The normalized spacial score (nSPS) is 10.5. The third-order valence-electron chi connectivity index (χ3n) is 2.88. The van der Waals surface area contributed by atoms with Crippen LogP contribution in [0.25, 0.3) is 0 Å². The summed E-state index contributed by atoms with van der Waals surface area (Å²) < 4.78 is 10.8. The minimum absolute atomic E-state index is 0.289. The van der Waals surface area contributed by atoms with Gasteiger partial charge in [0, 0.05) is 6.61 Å². The van der Waals surface area contributed by atoms with Crippen LogP contribution in [0.15, 0.2) is 24.3 Å². The zero-order valence-corrected chi connectivity index (χ0v) is 13.4. The topological polar surface area (TPSA) is 54.0 Å². The van der Waals surface area contributed by atoms with E-state index >= 15 is 0 Å². The molecule has 1 aromatic rings. The van der Waals surface area contributed by atoms with Gasteiger partial charge in [0.2, 0.25) is 0 Å². The van der Waals surface area contributed by atoms with Gasteiger partial charge in [-0.1, -0.05) is 26.7 Å². The average Bonchev–Trinajstić information content (AvgIpc) is 2.55. The molecule has 0 saturated heterocycles. The number of unbranched alkanes of at least 4 members (excludes halogenated alkanes) is 2. The van der Waals surface area contributed by atoms with Crippen molar-refractivity contribution < 1.29 is 24.0 Å². The molecule has 0 aliphatic heterocycles. The molecule has 0 saturated carbocycles. The molecule has 1 aromatic carbocycles. The maximum atomic E-state index is 11.7. The molecule has 0 amide bonds. The fraction of sp³-hybridized carbons (Fsp3) is 0.529. The van der Waals surface area contributed by atoms with Gasteiger partial charge in [-0.15, -0.1) is 0 Å². The van der Waals surface area contributed by atoms with E-state index in [9.17, 15) is 4.79 Å². The van der Waals surface area contributed by atoms with Crippen LogP contribution in [0.3, 0.4) is 0 Å². The summed E-state index contributed by atoms with van der Waals surface area (Å²) in [5.74, 6) is 0.187. The van der Waals surface area contributed by atoms with Gasteiger partial charge in [0.15, 0.2) is 6.61 Å². The van der Waals surface area contributed by atoms with E-state index in [0.717, 1.165) is 31.4 Å². The van der Waals surface area contributed by atoms with Gasteiger partial charge < -0.3 is 9.47 Å². The molecule has 0 N–H and O–H groups in total. The molecule has 5 heteroatoms. The second kappa shape index (κ2) is 12.0. The highest BCUT2D eigenvalue weighted by molar-refractivity contribution is 5.89. The standard InChI is InChI=1S/C17H25O5/c1-3-5-11-19-13-14-21-22-17(18)15-7-9-16(10-8-15)20-12-6-4-2/h7-10,14H,3-6,11-13H2,1-2H3. The molecular formula is C17H25O5. The summed E-state index contributed by atoms with van der Waals surface area (Å²) >= 11 is 0. The zero-order chi connectivity index (χ0) is 16.0. The molecule has 5 nitrogen and oxygen atoms in total. The fourth-order valence-electron chi connectivity index (χ4n) is 1.55. The van der Waals surface area contributed by atoms with Crippen LogP contribution in [-0.4, -0.2) is 25.8 Å². The SMILES string of the molecule is CCCCOC[CH]OOC(=O)c1ccc(OCCCC)cc1. The van der Waals surface area contributed by atoms with Crippen LogP contribution in [0.2, 0.25) is 0 Å². The summed E-state index contributed by atoms with van der Waals surface area (Å²) in [5, 5.41) is 0. The first-order valence-electron chi connectivity index (χ1n) is 7.77. The van der Waals surface area contributed by atoms with Crippen molar-refractivity contribution in [3.05, 3.63) is 36.4 Å². The number of carbonyl (C=O) groups excluding carboxylic acids is 1. The molecule has 0 aliphatic rings. The Balaban J connectivity index is 2.19. The van der Waals surface area contributed by atoms with Gasteiger partial charge in [0.1, 0.15) is 5.75 Å². The Labute approximate surface area is 132 Å². The van der Waals surface area contributed by atoms with Gasteiger partial charge in [-0.2, -0.15) is 4.89 Å². The van der Waals surface area contributed by atoms with Crippen molar-refractivity contribution in [3.63, 3.8) is 0 Å². The number of carbonyl (C=O) groups is 1. The van der Waals surface area contributed by atoms with Crippen molar-refractivity contribution >= 4 is 5.97 Å². The van der Waals surface area contributed by atoms with E-state index in [1.165, 1.54) is 6.61 Å². The van der Waals surface area contributed by atoms with Gasteiger partial charge in [0.05, 0.1) is 18.8 Å². The van der Waals surface area contributed by atoms with E-state index in [0.29, 0.717) is 18.8 Å². The highest BCUT2D eigenvalue weighted by Crippen LogP contribution is 2.13. The molecule has 0 spiro atoms. The number of hydrogen-bond donors (Lipinski definition) is 0. The Bertz CT molecular complexity index is 402. The second-order valence-electron chi connectivity index (χ2n) is 4.79. The van der Waals surface area contributed by atoms with Crippen molar-refractivity contribution in [2.75, 3.05) is 19.8 Å². The van der Waals surface area contributed by atoms with Crippen LogP contribution >= 0.6 is 0 Å². The van der Waals surface area contributed by atoms with Gasteiger partial charge in [-0.25, -0.2) is 4.79 Å². The van der Waals surface area contributed by atoms with Gasteiger partial charge in [0.25, 0.3) is 0 Å². The van der Waals surface area contributed by atoms with Crippen LogP contribution in [-0.2, 0) is 14.5 Å². The summed E-state index contributed by atoms with van der Waals surface area (Å²) in [4.78, 5) is 21.1. The van der Waals surface area contributed by atoms with Crippen molar-refractivity contribution in [2.24, 2.45) is 0 Å². The molecule has 0 bridgehead atoms. The quantitative estimate of drug-likeness (QED) is 0.332. The molecule has 123 valence electrons. The highest BCUT2D eigenvalue weighted by Gasteiger charge is 2.08. The molecule has 0 heterocycles. The third-order valence-corrected chi connectivity index (χ3v) is 2.88. The highest BCUT2D eigenvalue weighted by atomic mass is 17.2. The predicted molar refractivity (Wildman–Crippen MR) is 83.4 cm³/mol. The number of benzene rings is 1. The monoisotopic (exact) mass is 309 g/mol. The maximum Gasteiger partial charge on any atom is 0.373 e. The predicted octanol–water partition coefficient (Wildman–Crippen LogP) is 3.93. The zero-order valence-electron chi connectivity index (χ0n) is 13.4. The lowest BCUT2D eigenvalue weighted by atomic mass is 10.2. The van der Waals surface area contributed by atoms with Crippen molar-refractivity contribution in [1.29, 1.82) is 0 Å². The van der Waals surface area contributed by atoms with Crippen LogP contribution in [0.1, 0.15) is 49.9 Å². The maximum absolute atomic E-state index is 11.7. The first kappa shape index (κ1) is 18.5. The molecule has 0 aromatic heterocycles. The molecule has 0 atom stereocenters. The summed E-state index contributed by atoms with van der Waals surface area (Å²) in [7, 11) is 0. The third kappa shape index (κ3) is 8.00. The summed E-state index contributed by atoms with van der Waals surface area (Å²) in [6.45, 7) is 7.15. The van der Waals surface area contributed by atoms with Crippen molar-refractivity contribution in [2.45, 2.75) is 39.5 Å². The van der Waals surface area contributed by atoms with Crippen LogP contribution in [0.4, 0.5) is 0 Å². The Kier molecular flexibility index (Phi) is 10.1. The molecule has 0 unspecified atom stereocenters. The molecule has 22 heavy (non-hydrogen) atoms. The Morgan fingerprint density at radius 3 is 2.41 bits per heavy atom. The van der Waals surface area contributed by atoms with E-state index in [4.69, 9.17) is 14.4 Å². The lowest BCUT2D eigenvalue weighted by molar-refractivity contribution is -0.218. The van der Waals surface area contributed by atoms with E-state index in [2.05, 4.69) is 18.7 Å². The van der Waals surface area contributed by atoms with E-state index < -0.39 is 5.97 Å². The van der Waals surface area contributed by atoms with Crippen molar-refractivity contribution in [3.8, 4) is 5.75 Å². The van der Waals surface area contributed by atoms with E-state index in [-0.39, 0.29) is 6.61 Å². The molecule has 0 aliphatic carbocycles. The lowest BCUT2D eigenvalue weighted by Crippen LogP contribution is -2.07. The molecule has 1 rings (SSSR count). The largest absolute Gasteiger partial charge is 0.494 e. The minimum atomic E-state index is -0.551. The Morgan fingerprint density at radius 2 is 1.73 bits per heavy atom. The lowest BCUT2D eigenvalue weighted by Gasteiger charge is -2.06. The van der Waals surface area contributed by atoms with Crippen LogP contribution in [0, 0.1) is 6.61 Å². The summed E-state index contributed by atoms with van der Waals surface area (Å²) in [6.07, 6.45) is 4.17. The minimum Gasteiger partial charge on any atom is -0.494 e. The summed E-state index contributed by atoms with van der Waals surface area (Å²) in [5.41, 5.74) is 0.406. The molecular weight excluding hydrogens is 284 g/mol. The van der Waals surface area contributed by atoms with Gasteiger partial charge in [-0.05, 0) is 37.1 Å².